The highest BCUT2D eigenvalue weighted by Gasteiger charge is 2.23. The van der Waals surface area contributed by atoms with E-state index in [1.165, 1.54) is 12.7 Å². The molecule has 0 aromatic carbocycles. The SMILES string of the molecule is CCC1CCCN(C(=O)CNC(=O)c2ccoc2C)C1. The quantitative estimate of drug-likeness (QED) is 0.916. The summed E-state index contributed by atoms with van der Waals surface area (Å²) >= 11 is 0. The van der Waals surface area contributed by atoms with Crippen LogP contribution in [-0.4, -0.2) is 36.3 Å². The van der Waals surface area contributed by atoms with Gasteiger partial charge in [-0.1, -0.05) is 13.3 Å². The highest BCUT2D eigenvalue weighted by atomic mass is 16.3. The fourth-order valence-electron chi connectivity index (χ4n) is 2.61. The van der Waals surface area contributed by atoms with Crippen molar-refractivity contribution in [3.8, 4) is 0 Å². The van der Waals surface area contributed by atoms with Crippen LogP contribution in [-0.2, 0) is 4.79 Å². The Morgan fingerprint density at radius 1 is 1.50 bits per heavy atom. The van der Waals surface area contributed by atoms with Gasteiger partial charge in [0.15, 0.2) is 0 Å². The second-order valence-electron chi connectivity index (χ2n) is 5.33. The van der Waals surface area contributed by atoms with Crippen molar-refractivity contribution in [2.75, 3.05) is 19.6 Å². The molecule has 1 aromatic rings. The van der Waals surface area contributed by atoms with Gasteiger partial charge in [0.25, 0.3) is 5.91 Å². The summed E-state index contributed by atoms with van der Waals surface area (Å²) in [5.74, 6) is 0.907. The Morgan fingerprint density at radius 3 is 2.95 bits per heavy atom. The first-order chi connectivity index (χ1) is 9.61. The lowest BCUT2D eigenvalue weighted by Crippen LogP contribution is -2.45. The Hall–Kier alpha value is -1.78. The third-order valence-corrected chi connectivity index (χ3v) is 3.95. The highest BCUT2D eigenvalue weighted by molar-refractivity contribution is 5.97. The summed E-state index contributed by atoms with van der Waals surface area (Å²) in [6.45, 7) is 5.56. The van der Waals surface area contributed by atoms with Crippen LogP contribution >= 0.6 is 0 Å². The number of hydrogen-bond acceptors (Lipinski definition) is 3. The van der Waals surface area contributed by atoms with Gasteiger partial charge < -0.3 is 14.6 Å². The lowest BCUT2D eigenvalue weighted by molar-refractivity contribution is -0.131. The molecule has 0 radical (unpaired) electrons. The zero-order chi connectivity index (χ0) is 14.5. The van der Waals surface area contributed by atoms with Gasteiger partial charge in [-0.3, -0.25) is 9.59 Å². The van der Waals surface area contributed by atoms with E-state index in [0.29, 0.717) is 17.2 Å². The maximum absolute atomic E-state index is 12.1. The van der Waals surface area contributed by atoms with Crippen LogP contribution < -0.4 is 5.32 Å². The molecular weight excluding hydrogens is 256 g/mol. The van der Waals surface area contributed by atoms with Crippen LogP contribution in [0.15, 0.2) is 16.7 Å². The number of nitrogens with one attached hydrogen (secondary N) is 1. The number of rotatable bonds is 4. The molecule has 1 unspecified atom stereocenters. The van der Waals surface area contributed by atoms with E-state index in [-0.39, 0.29) is 18.4 Å². The molecule has 1 aromatic heterocycles. The summed E-state index contributed by atoms with van der Waals surface area (Å²) in [5.41, 5.74) is 0.489. The number of hydrogen-bond donors (Lipinski definition) is 1. The normalized spacial score (nSPS) is 18.9. The van der Waals surface area contributed by atoms with Crippen LogP contribution in [0.1, 0.15) is 42.3 Å². The number of carbonyl (C=O) groups is 2. The lowest BCUT2D eigenvalue weighted by Gasteiger charge is -2.32. The topological polar surface area (TPSA) is 62.6 Å². The molecule has 1 aliphatic rings. The monoisotopic (exact) mass is 278 g/mol. The molecule has 2 amide bonds. The van der Waals surface area contributed by atoms with Crippen molar-refractivity contribution in [2.45, 2.75) is 33.1 Å². The molecule has 5 nitrogen and oxygen atoms in total. The summed E-state index contributed by atoms with van der Waals surface area (Å²) in [6.07, 6.45) is 4.83. The number of nitrogens with zero attached hydrogens (tertiary/aromatic N) is 1. The predicted octanol–water partition coefficient (Wildman–Crippen LogP) is 1.97. The summed E-state index contributed by atoms with van der Waals surface area (Å²) in [5, 5.41) is 2.67. The number of carbonyl (C=O) groups excluding carboxylic acids is 2. The molecule has 0 spiro atoms. The standard InChI is InChI=1S/C15H22N2O3/c1-3-12-5-4-7-17(10-12)14(18)9-16-15(19)13-6-8-20-11(13)2/h6,8,12H,3-5,7,9-10H2,1-2H3,(H,16,19). The molecular formula is C15H22N2O3. The molecule has 5 heteroatoms. The third kappa shape index (κ3) is 3.40. The zero-order valence-corrected chi connectivity index (χ0v) is 12.1. The fourth-order valence-corrected chi connectivity index (χ4v) is 2.61. The Kier molecular flexibility index (Phi) is 4.82. The van der Waals surface area contributed by atoms with E-state index in [4.69, 9.17) is 4.42 Å². The number of furan rings is 1. The van der Waals surface area contributed by atoms with Crippen LogP contribution in [0.5, 0.6) is 0 Å². The van der Waals surface area contributed by atoms with E-state index in [1.54, 1.807) is 13.0 Å². The Balaban J connectivity index is 1.83. The van der Waals surface area contributed by atoms with Crippen molar-refractivity contribution < 1.29 is 14.0 Å². The van der Waals surface area contributed by atoms with Gasteiger partial charge in [-0.25, -0.2) is 0 Å². The fraction of sp³-hybridized carbons (Fsp3) is 0.600. The molecule has 1 N–H and O–H groups in total. The van der Waals surface area contributed by atoms with E-state index in [9.17, 15) is 9.59 Å². The van der Waals surface area contributed by atoms with Gasteiger partial charge in [-0.2, -0.15) is 0 Å². The van der Waals surface area contributed by atoms with Crippen molar-refractivity contribution in [2.24, 2.45) is 5.92 Å². The first-order valence-corrected chi connectivity index (χ1v) is 7.22. The van der Waals surface area contributed by atoms with E-state index in [0.717, 1.165) is 25.9 Å². The molecule has 2 heterocycles. The van der Waals surface area contributed by atoms with Crippen molar-refractivity contribution in [1.82, 2.24) is 10.2 Å². The van der Waals surface area contributed by atoms with E-state index < -0.39 is 0 Å². The minimum Gasteiger partial charge on any atom is -0.469 e. The minimum atomic E-state index is -0.256. The molecule has 1 atom stereocenters. The molecule has 1 aliphatic heterocycles. The number of amides is 2. The van der Waals surface area contributed by atoms with Gasteiger partial charge in [0, 0.05) is 13.1 Å². The maximum Gasteiger partial charge on any atom is 0.255 e. The maximum atomic E-state index is 12.1. The van der Waals surface area contributed by atoms with E-state index in [1.807, 2.05) is 4.90 Å². The molecule has 2 rings (SSSR count). The van der Waals surface area contributed by atoms with Gasteiger partial charge in [0.2, 0.25) is 5.91 Å². The molecule has 0 saturated carbocycles. The van der Waals surface area contributed by atoms with E-state index >= 15 is 0 Å². The summed E-state index contributed by atoms with van der Waals surface area (Å²) in [6, 6.07) is 1.61. The molecule has 1 fully saturated rings. The first-order valence-electron chi connectivity index (χ1n) is 7.22. The van der Waals surface area contributed by atoms with Gasteiger partial charge in [0.05, 0.1) is 18.4 Å². The van der Waals surface area contributed by atoms with Gasteiger partial charge in [-0.05, 0) is 31.7 Å². The van der Waals surface area contributed by atoms with Crippen LogP contribution in [0.3, 0.4) is 0 Å². The molecule has 0 aliphatic carbocycles. The number of piperidine rings is 1. The molecule has 1 saturated heterocycles. The largest absolute Gasteiger partial charge is 0.469 e. The number of aryl methyl sites for hydroxylation is 1. The minimum absolute atomic E-state index is 0.00218. The predicted molar refractivity (Wildman–Crippen MR) is 75.4 cm³/mol. The van der Waals surface area contributed by atoms with Gasteiger partial charge >= 0.3 is 0 Å². The first kappa shape index (κ1) is 14.6. The van der Waals surface area contributed by atoms with Gasteiger partial charge in [0.1, 0.15) is 5.76 Å². The summed E-state index contributed by atoms with van der Waals surface area (Å²) in [4.78, 5) is 25.9. The summed E-state index contributed by atoms with van der Waals surface area (Å²) < 4.78 is 5.08. The molecule has 110 valence electrons. The van der Waals surface area contributed by atoms with Crippen molar-refractivity contribution in [3.05, 3.63) is 23.7 Å². The highest BCUT2D eigenvalue weighted by Crippen LogP contribution is 2.19. The molecule has 20 heavy (non-hydrogen) atoms. The Morgan fingerprint density at radius 2 is 2.30 bits per heavy atom. The van der Waals surface area contributed by atoms with Gasteiger partial charge in [-0.15, -0.1) is 0 Å². The third-order valence-electron chi connectivity index (χ3n) is 3.95. The van der Waals surface area contributed by atoms with Crippen LogP contribution in [0.4, 0.5) is 0 Å². The lowest BCUT2D eigenvalue weighted by atomic mass is 9.96. The number of likely N-dealkylation sites (tertiary alicyclic amines) is 1. The Labute approximate surface area is 119 Å². The van der Waals surface area contributed by atoms with E-state index in [2.05, 4.69) is 12.2 Å². The van der Waals surface area contributed by atoms with Crippen molar-refractivity contribution in [3.63, 3.8) is 0 Å². The van der Waals surface area contributed by atoms with Crippen LogP contribution in [0.25, 0.3) is 0 Å². The second kappa shape index (κ2) is 6.59. The molecule has 0 bridgehead atoms. The van der Waals surface area contributed by atoms with Crippen molar-refractivity contribution in [1.29, 1.82) is 0 Å². The summed E-state index contributed by atoms with van der Waals surface area (Å²) in [7, 11) is 0. The average molecular weight is 278 g/mol. The average Bonchev–Trinajstić information content (AvgIpc) is 2.90. The second-order valence-corrected chi connectivity index (χ2v) is 5.33. The van der Waals surface area contributed by atoms with Crippen LogP contribution in [0, 0.1) is 12.8 Å². The zero-order valence-electron chi connectivity index (χ0n) is 12.1. The van der Waals surface area contributed by atoms with Crippen molar-refractivity contribution >= 4 is 11.8 Å². The Bertz CT molecular complexity index is 481. The smallest absolute Gasteiger partial charge is 0.255 e. The van der Waals surface area contributed by atoms with Crippen LogP contribution in [0.2, 0.25) is 0 Å².